The maximum atomic E-state index is 13.3. The third-order valence-electron chi connectivity index (χ3n) is 6.96. The number of aromatic nitrogens is 3. The second kappa shape index (κ2) is 10.7. The van der Waals surface area contributed by atoms with Crippen molar-refractivity contribution in [2.75, 3.05) is 24.7 Å². The van der Waals surface area contributed by atoms with Crippen LogP contribution in [0.25, 0.3) is 22.2 Å². The Balaban J connectivity index is 1.80. The van der Waals surface area contributed by atoms with E-state index in [0.717, 1.165) is 22.5 Å². The molecule has 1 aromatic carbocycles. The summed E-state index contributed by atoms with van der Waals surface area (Å²) in [5.41, 5.74) is 2.40. The molecule has 10 heteroatoms. The van der Waals surface area contributed by atoms with Crippen molar-refractivity contribution < 1.29 is 14.6 Å². The number of nitrogens with one attached hydrogen (secondary N) is 1. The number of fused-ring (bicyclic) bond motifs is 2. The number of amides is 1. The zero-order chi connectivity index (χ0) is 27.8. The van der Waals surface area contributed by atoms with Crippen molar-refractivity contribution in [3.8, 4) is 11.3 Å². The van der Waals surface area contributed by atoms with Gasteiger partial charge in [0, 0.05) is 56.0 Å². The van der Waals surface area contributed by atoms with Crippen molar-refractivity contribution in [1.82, 2.24) is 19.4 Å². The molecule has 1 aliphatic heterocycles. The summed E-state index contributed by atoms with van der Waals surface area (Å²) in [6.45, 7) is 17.1. The first-order valence-electron chi connectivity index (χ1n) is 13.3. The van der Waals surface area contributed by atoms with E-state index in [4.69, 9.17) is 14.8 Å². The van der Waals surface area contributed by atoms with Crippen molar-refractivity contribution in [2.45, 2.75) is 78.2 Å². The molecule has 3 aromatic rings. The fraction of sp³-hybridized carbons (Fsp3) is 0.536. The molecule has 0 radical (unpaired) electrons. The van der Waals surface area contributed by atoms with E-state index in [0.29, 0.717) is 37.1 Å². The molecule has 206 valence electrons. The summed E-state index contributed by atoms with van der Waals surface area (Å²) in [7, 11) is -1.22. The topological polar surface area (TPSA) is 102 Å². The van der Waals surface area contributed by atoms with Crippen molar-refractivity contribution in [3.05, 3.63) is 46.4 Å². The van der Waals surface area contributed by atoms with Crippen LogP contribution in [0.1, 0.15) is 38.1 Å². The van der Waals surface area contributed by atoms with Gasteiger partial charge >= 0.3 is 0 Å². The van der Waals surface area contributed by atoms with Crippen LogP contribution in [0.4, 0.5) is 5.95 Å². The van der Waals surface area contributed by atoms with Gasteiger partial charge in [0.05, 0.1) is 29.9 Å². The Morgan fingerprint density at radius 3 is 2.63 bits per heavy atom. The van der Waals surface area contributed by atoms with Crippen molar-refractivity contribution in [2.24, 2.45) is 0 Å². The molecule has 2 aromatic heterocycles. The lowest BCUT2D eigenvalue weighted by Crippen LogP contribution is -2.45. The summed E-state index contributed by atoms with van der Waals surface area (Å²) in [5, 5.41) is 12.6. The Hall–Kier alpha value is -2.95. The van der Waals surface area contributed by atoms with Gasteiger partial charge in [-0.2, -0.15) is 0 Å². The third kappa shape index (κ3) is 5.72. The Morgan fingerprint density at radius 1 is 1.24 bits per heavy atom. The van der Waals surface area contributed by atoms with Crippen LogP contribution < -0.4 is 15.8 Å². The molecule has 0 aliphatic carbocycles. The Bertz CT molecular complexity index is 1390. The van der Waals surface area contributed by atoms with Crippen LogP contribution in [0.15, 0.2) is 35.3 Å². The minimum absolute atomic E-state index is 0.0923. The highest BCUT2D eigenvalue weighted by molar-refractivity contribution is 6.76. The number of carbonyl (C=O) groups is 1. The third-order valence-corrected chi connectivity index (χ3v) is 8.66. The number of aliphatic hydroxyl groups excluding tert-OH is 1. The van der Waals surface area contributed by atoms with Gasteiger partial charge in [0.25, 0.3) is 11.5 Å². The molecule has 0 bridgehead atoms. The first-order valence-corrected chi connectivity index (χ1v) is 17.0. The monoisotopic (exact) mass is 539 g/mol. The van der Waals surface area contributed by atoms with E-state index in [1.807, 2.05) is 22.9 Å². The van der Waals surface area contributed by atoms with Crippen LogP contribution in [0.3, 0.4) is 0 Å². The normalized spacial score (nSPS) is 14.9. The average molecular weight is 540 g/mol. The summed E-state index contributed by atoms with van der Waals surface area (Å²) in [6.07, 6.45) is 1.97. The zero-order valence-electron chi connectivity index (χ0n) is 23.7. The minimum atomic E-state index is -1.22. The van der Waals surface area contributed by atoms with Crippen LogP contribution in [0, 0.1) is 0 Å². The van der Waals surface area contributed by atoms with Crippen molar-refractivity contribution >= 4 is 30.8 Å². The molecule has 1 amide bonds. The number of carbonyl (C=O) groups excluding carboxylic acids is 1. The molecule has 0 fully saturated rings. The highest BCUT2D eigenvalue weighted by Crippen LogP contribution is 2.36. The van der Waals surface area contributed by atoms with Gasteiger partial charge in [0.15, 0.2) is 0 Å². The molecular weight excluding hydrogens is 498 g/mol. The van der Waals surface area contributed by atoms with Gasteiger partial charge in [0.2, 0.25) is 5.95 Å². The number of aliphatic hydroxyl groups is 1. The predicted molar refractivity (Wildman–Crippen MR) is 155 cm³/mol. The van der Waals surface area contributed by atoms with Crippen molar-refractivity contribution in [3.63, 3.8) is 0 Å². The maximum absolute atomic E-state index is 13.3. The second-order valence-electron chi connectivity index (χ2n) is 12.2. The highest BCUT2D eigenvalue weighted by atomic mass is 28.3. The Labute approximate surface area is 225 Å². The Morgan fingerprint density at radius 2 is 1.97 bits per heavy atom. The summed E-state index contributed by atoms with van der Waals surface area (Å²) >= 11 is 0. The van der Waals surface area contributed by atoms with Crippen molar-refractivity contribution in [1.29, 1.82) is 0 Å². The predicted octanol–water partition coefficient (Wildman–Crippen LogP) is 3.91. The van der Waals surface area contributed by atoms with E-state index in [2.05, 4.69) is 57.6 Å². The van der Waals surface area contributed by atoms with Crippen LogP contribution in [-0.4, -0.2) is 64.5 Å². The maximum Gasteiger partial charge on any atom is 0.255 e. The minimum Gasteiger partial charge on any atom is -0.395 e. The lowest BCUT2D eigenvalue weighted by Gasteiger charge is -2.35. The fourth-order valence-electron chi connectivity index (χ4n) is 5.19. The van der Waals surface area contributed by atoms with Gasteiger partial charge < -0.3 is 24.6 Å². The van der Waals surface area contributed by atoms with Gasteiger partial charge in [-0.15, -0.1) is 0 Å². The van der Waals surface area contributed by atoms with E-state index in [1.165, 1.54) is 0 Å². The van der Waals surface area contributed by atoms with E-state index < -0.39 is 8.07 Å². The van der Waals surface area contributed by atoms with Crippen LogP contribution in [-0.2, 0) is 18.0 Å². The van der Waals surface area contributed by atoms with E-state index >= 15 is 0 Å². The first-order chi connectivity index (χ1) is 17.8. The molecule has 0 saturated heterocycles. The number of nitrogens with zero attached hydrogens (tertiary/aromatic N) is 4. The summed E-state index contributed by atoms with van der Waals surface area (Å²) in [4.78, 5) is 33.2. The molecule has 4 rings (SSSR count). The molecule has 0 saturated carbocycles. The van der Waals surface area contributed by atoms with E-state index in [1.54, 1.807) is 16.7 Å². The molecule has 9 nitrogen and oxygen atoms in total. The molecule has 0 atom stereocenters. The number of hydrogen-bond donors (Lipinski definition) is 2. The molecule has 0 unspecified atom stereocenters. The smallest absolute Gasteiger partial charge is 0.255 e. The summed E-state index contributed by atoms with van der Waals surface area (Å²) < 4.78 is 9.81. The first kappa shape index (κ1) is 28.1. The molecule has 0 spiro atoms. The molecule has 38 heavy (non-hydrogen) atoms. The van der Waals surface area contributed by atoms with Crippen LogP contribution in [0.5, 0.6) is 0 Å². The number of anilines is 1. The van der Waals surface area contributed by atoms with Crippen LogP contribution >= 0.6 is 0 Å². The highest BCUT2D eigenvalue weighted by Gasteiger charge is 2.39. The summed E-state index contributed by atoms with van der Waals surface area (Å²) in [6, 6.07) is 8.32. The Kier molecular flexibility index (Phi) is 7.88. The SMILES string of the molecule is CC(C)N1c2nc(-c3cn(COCC[Si](C)(C)C)c4ccc(C(=O)NCCO)cc34)cc(=O)n2CC1(C)C. The zero-order valence-corrected chi connectivity index (χ0v) is 24.7. The number of rotatable bonds is 10. The van der Waals surface area contributed by atoms with Gasteiger partial charge in [-0.1, -0.05) is 19.6 Å². The lowest BCUT2D eigenvalue weighted by atomic mass is 10.0. The number of ether oxygens (including phenoxy) is 1. The number of benzene rings is 1. The fourth-order valence-corrected chi connectivity index (χ4v) is 5.95. The molecule has 1 aliphatic rings. The molecular formula is C28H41N5O4Si. The quantitative estimate of drug-likeness (QED) is 0.299. The van der Waals surface area contributed by atoms with E-state index in [-0.39, 0.29) is 36.2 Å². The standard InChI is InChI=1S/C28H41N5O4Si/c1-19(2)33-27-30-23(15-25(35)32(27)17-28(33,3)4)22-16-31(18-37-12-13-38(5,6)7)24-9-8-20(14-21(22)24)26(36)29-10-11-34/h8-9,14-16,19,34H,10-13,17-18H2,1-7H3,(H,29,36). The van der Waals surface area contributed by atoms with Gasteiger partial charge in [0.1, 0.15) is 6.73 Å². The second-order valence-corrected chi connectivity index (χ2v) is 17.8. The van der Waals surface area contributed by atoms with Crippen LogP contribution in [0.2, 0.25) is 25.7 Å². The number of hydrogen-bond acceptors (Lipinski definition) is 6. The molecule has 3 heterocycles. The average Bonchev–Trinajstić information content (AvgIpc) is 3.33. The van der Waals surface area contributed by atoms with Gasteiger partial charge in [-0.25, -0.2) is 4.98 Å². The lowest BCUT2D eigenvalue weighted by molar-refractivity contribution is 0.0903. The van der Waals surface area contributed by atoms with Gasteiger partial charge in [-0.05, 0) is 51.9 Å². The van der Waals surface area contributed by atoms with E-state index in [9.17, 15) is 9.59 Å². The summed E-state index contributed by atoms with van der Waals surface area (Å²) in [5.74, 6) is 0.400. The van der Waals surface area contributed by atoms with Gasteiger partial charge in [-0.3, -0.25) is 14.2 Å². The molecule has 2 N–H and O–H groups in total. The largest absolute Gasteiger partial charge is 0.395 e.